The molecule has 0 saturated heterocycles. The minimum absolute atomic E-state index is 0.0175. The molecule has 90 valence electrons. The van der Waals surface area contributed by atoms with E-state index in [-0.39, 0.29) is 18.6 Å². The van der Waals surface area contributed by atoms with E-state index >= 15 is 0 Å². The number of nitrogens with one attached hydrogen (secondary N) is 1. The molecule has 0 rings (SSSR count). The third-order valence-electron chi connectivity index (χ3n) is 3.27. The number of aliphatic hydroxyl groups excluding tert-OH is 1. The van der Waals surface area contributed by atoms with E-state index < -0.39 is 5.41 Å². The summed E-state index contributed by atoms with van der Waals surface area (Å²) in [5.41, 5.74) is 5.20. The molecule has 0 aromatic heterocycles. The summed E-state index contributed by atoms with van der Waals surface area (Å²) >= 11 is 0. The van der Waals surface area contributed by atoms with Crippen molar-refractivity contribution < 1.29 is 9.90 Å². The van der Waals surface area contributed by atoms with Crippen LogP contribution in [-0.2, 0) is 4.79 Å². The molecule has 4 heteroatoms. The van der Waals surface area contributed by atoms with E-state index in [1.54, 1.807) is 0 Å². The van der Waals surface area contributed by atoms with Crippen molar-refractivity contribution in [2.24, 2.45) is 11.1 Å². The highest BCUT2D eigenvalue weighted by Gasteiger charge is 2.33. The summed E-state index contributed by atoms with van der Waals surface area (Å²) in [6.45, 7) is 6.21. The van der Waals surface area contributed by atoms with E-state index in [4.69, 9.17) is 10.8 Å². The Labute approximate surface area is 92.2 Å². The number of aliphatic hydroxyl groups is 1. The van der Waals surface area contributed by atoms with E-state index in [0.29, 0.717) is 6.54 Å². The third-order valence-corrected chi connectivity index (χ3v) is 3.27. The Balaban J connectivity index is 4.51. The molecule has 15 heavy (non-hydrogen) atoms. The Hall–Kier alpha value is -0.610. The molecule has 4 nitrogen and oxygen atoms in total. The largest absolute Gasteiger partial charge is 0.394 e. The molecule has 0 saturated carbocycles. The first-order chi connectivity index (χ1) is 7.10. The van der Waals surface area contributed by atoms with Crippen molar-refractivity contribution >= 4 is 5.91 Å². The van der Waals surface area contributed by atoms with Gasteiger partial charge >= 0.3 is 0 Å². The molecule has 0 heterocycles. The van der Waals surface area contributed by atoms with Gasteiger partial charge in [0.15, 0.2) is 0 Å². The van der Waals surface area contributed by atoms with Crippen LogP contribution in [0.3, 0.4) is 0 Å². The van der Waals surface area contributed by atoms with Gasteiger partial charge in [0.1, 0.15) is 0 Å². The molecule has 0 aromatic rings. The predicted octanol–water partition coefficient (Wildman–Crippen LogP) is 0.639. The molecular formula is C11H24N2O2. The number of nitrogens with two attached hydrogens (primary N) is 1. The standard InChI is InChI=1S/C11H24N2O2/c1-4-9(7-14)13-10(15)11(5-2,6-3)8-12/h9,14H,4-8,12H2,1-3H3,(H,13,15). The fourth-order valence-electron chi connectivity index (χ4n) is 1.57. The van der Waals surface area contributed by atoms with Gasteiger partial charge in [0.05, 0.1) is 18.1 Å². The molecule has 0 aliphatic carbocycles. The molecule has 0 bridgehead atoms. The summed E-state index contributed by atoms with van der Waals surface area (Å²) in [5.74, 6) is -0.0316. The van der Waals surface area contributed by atoms with E-state index in [0.717, 1.165) is 19.3 Å². The second-order valence-corrected chi connectivity index (χ2v) is 3.95. The molecule has 0 fully saturated rings. The van der Waals surface area contributed by atoms with Gasteiger partial charge in [-0.05, 0) is 19.3 Å². The minimum Gasteiger partial charge on any atom is -0.394 e. The summed E-state index contributed by atoms with van der Waals surface area (Å²) in [4.78, 5) is 12.0. The number of rotatable bonds is 7. The maximum absolute atomic E-state index is 12.0. The quantitative estimate of drug-likeness (QED) is 0.584. The topological polar surface area (TPSA) is 75.3 Å². The van der Waals surface area contributed by atoms with Gasteiger partial charge in [-0.25, -0.2) is 0 Å². The van der Waals surface area contributed by atoms with Crippen LogP contribution in [0.25, 0.3) is 0 Å². The SMILES string of the molecule is CCC(CO)NC(=O)C(CC)(CC)CN. The number of hydrogen-bond acceptors (Lipinski definition) is 3. The van der Waals surface area contributed by atoms with E-state index in [1.807, 2.05) is 20.8 Å². The fraction of sp³-hybridized carbons (Fsp3) is 0.909. The highest BCUT2D eigenvalue weighted by molar-refractivity contribution is 5.83. The van der Waals surface area contributed by atoms with Crippen molar-refractivity contribution in [1.29, 1.82) is 0 Å². The molecule has 0 spiro atoms. The lowest BCUT2D eigenvalue weighted by atomic mass is 9.81. The van der Waals surface area contributed by atoms with Crippen molar-refractivity contribution in [3.05, 3.63) is 0 Å². The minimum atomic E-state index is -0.470. The number of amides is 1. The zero-order valence-corrected chi connectivity index (χ0v) is 10.0. The summed E-state index contributed by atoms with van der Waals surface area (Å²) in [6, 6.07) is -0.151. The first-order valence-electron chi connectivity index (χ1n) is 5.72. The fourth-order valence-corrected chi connectivity index (χ4v) is 1.57. The molecule has 1 atom stereocenters. The highest BCUT2D eigenvalue weighted by atomic mass is 16.3. The zero-order valence-electron chi connectivity index (χ0n) is 10.0. The van der Waals surface area contributed by atoms with Crippen molar-refractivity contribution in [2.45, 2.75) is 46.1 Å². The van der Waals surface area contributed by atoms with Crippen molar-refractivity contribution in [3.8, 4) is 0 Å². The Kier molecular flexibility index (Phi) is 6.52. The molecule has 1 unspecified atom stereocenters. The van der Waals surface area contributed by atoms with Gasteiger partial charge < -0.3 is 16.2 Å². The molecule has 0 aliphatic heterocycles. The second kappa shape index (κ2) is 6.80. The lowest BCUT2D eigenvalue weighted by Crippen LogP contribution is -2.49. The molecular weight excluding hydrogens is 192 g/mol. The van der Waals surface area contributed by atoms with Crippen LogP contribution in [0.15, 0.2) is 0 Å². The van der Waals surface area contributed by atoms with Gasteiger partial charge in [-0.3, -0.25) is 4.79 Å². The lowest BCUT2D eigenvalue weighted by molar-refractivity contribution is -0.132. The maximum Gasteiger partial charge on any atom is 0.227 e. The molecule has 4 N–H and O–H groups in total. The Morgan fingerprint density at radius 3 is 2.20 bits per heavy atom. The van der Waals surface area contributed by atoms with E-state index in [1.165, 1.54) is 0 Å². The Morgan fingerprint density at radius 2 is 1.93 bits per heavy atom. The first kappa shape index (κ1) is 14.4. The second-order valence-electron chi connectivity index (χ2n) is 3.95. The summed E-state index contributed by atoms with van der Waals surface area (Å²) < 4.78 is 0. The van der Waals surface area contributed by atoms with Crippen LogP contribution in [0.4, 0.5) is 0 Å². The van der Waals surface area contributed by atoms with Crippen LogP contribution >= 0.6 is 0 Å². The van der Waals surface area contributed by atoms with Gasteiger partial charge in [-0.2, -0.15) is 0 Å². The average molecular weight is 216 g/mol. The lowest BCUT2D eigenvalue weighted by Gasteiger charge is -2.30. The van der Waals surface area contributed by atoms with E-state index in [9.17, 15) is 4.79 Å². The van der Waals surface area contributed by atoms with E-state index in [2.05, 4.69) is 5.32 Å². The summed E-state index contributed by atoms with van der Waals surface area (Å²) in [7, 11) is 0. The number of hydrogen-bond donors (Lipinski definition) is 3. The van der Waals surface area contributed by atoms with Gasteiger partial charge in [0, 0.05) is 6.54 Å². The third kappa shape index (κ3) is 3.47. The van der Waals surface area contributed by atoms with Gasteiger partial charge in [0.2, 0.25) is 5.91 Å². The van der Waals surface area contributed by atoms with Crippen molar-refractivity contribution in [3.63, 3.8) is 0 Å². The highest BCUT2D eigenvalue weighted by Crippen LogP contribution is 2.25. The van der Waals surface area contributed by atoms with Crippen molar-refractivity contribution in [2.75, 3.05) is 13.2 Å². The van der Waals surface area contributed by atoms with Gasteiger partial charge in [-0.15, -0.1) is 0 Å². The molecule has 0 radical (unpaired) electrons. The van der Waals surface area contributed by atoms with Crippen LogP contribution in [0.5, 0.6) is 0 Å². The smallest absolute Gasteiger partial charge is 0.227 e. The summed E-state index contributed by atoms with van der Waals surface area (Å²) in [6.07, 6.45) is 2.19. The van der Waals surface area contributed by atoms with Crippen LogP contribution in [0.1, 0.15) is 40.0 Å². The van der Waals surface area contributed by atoms with Gasteiger partial charge in [-0.1, -0.05) is 20.8 Å². The van der Waals surface area contributed by atoms with Crippen LogP contribution in [-0.4, -0.2) is 30.2 Å². The number of carbonyl (C=O) groups excluding carboxylic acids is 1. The van der Waals surface area contributed by atoms with Crippen molar-refractivity contribution in [1.82, 2.24) is 5.32 Å². The molecule has 1 amide bonds. The molecule has 0 aromatic carbocycles. The Bertz CT molecular complexity index is 179. The zero-order chi connectivity index (χ0) is 11.9. The predicted molar refractivity (Wildman–Crippen MR) is 61.4 cm³/mol. The maximum atomic E-state index is 12.0. The van der Waals surface area contributed by atoms with Crippen LogP contribution in [0.2, 0.25) is 0 Å². The van der Waals surface area contributed by atoms with Gasteiger partial charge in [0.25, 0.3) is 0 Å². The summed E-state index contributed by atoms with van der Waals surface area (Å²) in [5, 5.41) is 11.9. The van der Waals surface area contributed by atoms with Crippen LogP contribution < -0.4 is 11.1 Å². The normalized spacial score (nSPS) is 13.7. The average Bonchev–Trinajstić information content (AvgIpc) is 2.29. The van der Waals surface area contributed by atoms with Crippen LogP contribution in [0, 0.1) is 5.41 Å². The monoisotopic (exact) mass is 216 g/mol. The Morgan fingerprint density at radius 1 is 1.40 bits per heavy atom. The number of carbonyl (C=O) groups is 1. The first-order valence-corrected chi connectivity index (χ1v) is 5.72. The molecule has 0 aliphatic rings.